The number of furan rings is 1. The molecule has 0 spiro atoms. The van der Waals surface area contributed by atoms with Crippen molar-refractivity contribution in [3.05, 3.63) is 52.8 Å². The number of amides is 1. The predicted molar refractivity (Wildman–Crippen MR) is 118 cm³/mol. The molecule has 0 aliphatic carbocycles. The van der Waals surface area contributed by atoms with E-state index in [0.717, 1.165) is 36.3 Å². The number of fused-ring (bicyclic) bond motifs is 1. The minimum absolute atomic E-state index is 0.0127. The molecule has 6 nitrogen and oxygen atoms in total. The summed E-state index contributed by atoms with van der Waals surface area (Å²) in [7, 11) is 0. The van der Waals surface area contributed by atoms with Crippen LogP contribution in [0.15, 0.2) is 56.5 Å². The number of aliphatic imine (C=N–C) groups is 1. The lowest BCUT2D eigenvalue weighted by Crippen LogP contribution is -2.35. The van der Waals surface area contributed by atoms with Crippen molar-refractivity contribution in [1.29, 1.82) is 5.41 Å². The van der Waals surface area contributed by atoms with Crippen LogP contribution in [0.5, 0.6) is 0 Å². The fourth-order valence-electron chi connectivity index (χ4n) is 3.03. The van der Waals surface area contributed by atoms with Crippen LogP contribution in [0.25, 0.3) is 17.4 Å². The van der Waals surface area contributed by atoms with Crippen LogP contribution in [0.1, 0.15) is 38.4 Å². The molecule has 0 fully saturated rings. The normalized spacial score (nSPS) is 17.6. The monoisotopic (exact) mass is 426 g/mol. The summed E-state index contributed by atoms with van der Waals surface area (Å²) in [5.74, 6) is 0.648. The molecular weight excluding hydrogens is 408 g/mol. The van der Waals surface area contributed by atoms with Crippen LogP contribution < -0.4 is 0 Å². The zero-order valence-corrected chi connectivity index (χ0v) is 17.4. The lowest BCUT2D eigenvalue weighted by atomic mass is 10.1. The second-order valence-corrected chi connectivity index (χ2v) is 8.16. The molecule has 2 aliphatic heterocycles. The highest BCUT2D eigenvalue weighted by Gasteiger charge is 2.35. The van der Waals surface area contributed by atoms with Crippen molar-refractivity contribution < 1.29 is 9.21 Å². The summed E-state index contributed by atoms with van der Waals surface area (Å²) in [6.07, 6.45) is 5.65. The summed E-state index contributed by atoms with van der Waals surface area (Å²) in [5.41, 5.74) is 0.990. The maximum absolute atomic E-state index is 12.5. The SMILES string of the molecule is CCCCCC1=NN2C(=N)/C(=C/c3ccc(-c4cccc(Cl)c4)o3)C(=O)N=C2S1. The van der Waals surface area contributed by atoms with E-state index in [2.05, 4.69) is 17.0 Å². The molecule has 1 N–H and O–H groups in total. The molecule has 0 radical (unpaired) electrons. The fraction of sp³-hybridized carbons (Fsp3) is 0.238. The van der Waals surface area contributed by atoms with E-state index in [1.807, 2.05) is 12.1 Å². The molecule has 1 aromatic heterocycles. The summed E-state index contributed by atoms with van der Waals surface area (Å²) in [5, 5.41) is 16.3. The van der Waals surface area contributed by atoms with Gasteiger partial charge < -0.3 is 4.42 Å². The molecule has 1 aromatic carbocycles. The van der Waals surface area contributed by atoms with Crippen LogP contribution >= 0.6 is 23.4 Å². The second kappa shape index (κ2) is 8.39. The van der Waals surface area contributed by atoms with Gasteiger partial charge in [-0.15, -0.1) is 0 Å². The Bertz CT molecular complexity index is 1070. The molecule has 0 atom stereocenters. The topological polar surface area (TPSA) is 82.0 Å². The fourth-order valence-corrected chi connectivity index (χ4v) is 4.15. The number of hydrazone groups is 1. The maximum atomic E-state index is 12.5. The highest BCUT2D eigenvalue weighted by Crippen LogP contribution is 2.31. The third kappa shape index (κ3) is 4.21. The Kier molecular flexibility index (Phi) is 5.69. The molecule has 3 heterocycles. The van der Waals surface area contributed by atoms with Crippen molar-refractivity contribution in [3.8, 4) is 11.3 Å². The Morgan fingerprint density at radius 2 is 2.14 bits per heavy atom. The highest BCUT2D eigenvalue weighted by atomic mass is 35.5. The number of hydrogen-bond donors (Lipinski definition) is 1. The number of nitrogens with zero attached hydrogens (tertiary/aromatic N) is 3. The van der Waals surface area contributed by atoms with Gasteiger partial charge in [-0.1, -0.05) is 43.5 Å². The van der Waals surface area contributed by atoms with Gasteiger partial charge in [-0.25, -0.2) is 0 Å². The summed E-state index contributed by atoms with van der Waals surface area (Å²) in [4.78, 5) is 16.6. The maximum Gasteiger partial charge on any atom is 0.283 e. The van der Waals surface area contributed by atoms with E-state index in [-0.39, 0.29) is 11.4 Å². The number of benzene rings is 1. The van der Waals surface area contributed by atoms with Gasteiger partial charge in [0.15, 0.2) is 5.84 Å². The van der Waals surface area contributed by atoms with Gasteiger partial charge in [-0.05, 0) is 54.9 Å². The lowest BCUT2D eigenvalue weighted by molar-refractivity contribution is -0.114. The zero-order valence-electron chi connectivity index (χ0n) is 15.8. The first-order valence-electron chi connectivity index (χ1n) is 9.40. The van der Waals surface area contributed by atoms with Gasteiger partial charge in [0.2, 0.25) is 5.17 Å². The first kappa shape index (κ1) is 19.7. The molecule has 2 aliphatic rings. The zero-order chi connectivity index (χ0) is 20.4. The van der Waals surface area contributed by atoms with Crippen molar-refractivity contribution in [2.24, 2.45) is 10.1 Å². The number of halogens is 1. The third-order valence-electron chi connectivity index (χ3n) is 4.51. The lowest BCUT2D eigenvalue weighted by Gasteiger charge is -2.19. The van der Waals surface area contributed by atoms with Crippen LogP contribution in [-0.4, -0.2) is 27.0 Å². The standard InChI is InChI=1S/C21H19ClN4O2S/c1-2-3-4-8-18-25-26-19(23)16(20(27)24-21(26)29-18)12-15-9-10-17(28-15)13-6-5-7-14(22)11-13/h5-7,9-12,23H,2-4,8H2,1H3/b16-12-,23-19?. The van der Waals surface area contributed by atoms with E-state index in [9.17, 15) is 4.79 Å². The number of hydrogen-bond acceptors (Lipinski definition) is 5. The Labute approximate surface area is 177 Å². The number of unbranched alkanes of at least 4 members (excludes halogenated alkanes) is 2. The van der Waals surface area contributed by atoms with Crippen molar-refractivity contribution >= 4 is 51.4 Å². The number of thioether (sulfide) groups is 1. The molecule has 1 amide bonds. The molecule has 148 valence electrons. The number of carbonyl (C=O) groups is 1. The van der Waals surface area contributed by atoms with Crippen molar-refractivity contribution in [2.45, 2.75) is 32.6 Å². The Hall–Kier alpha value is -2.64. The first-order chi connectivity index (χ1) is 14.0. The quantitative estimate of drug-likeness (QED) is 0.467. The minimum Gasteiger partial charge on any atom is -0.457 e. The summed E-state index contributed by atoms with van der Waals surface area (Å²) in [6, 6.07) is 10.9. The van der Waals surface area contributed by atoms with Gasteiger partial charge in [0.1, 0.15) is 16.6 Å². The summed E-state index contributed by atoms with van der Waals surface area (Å²) < 4.78 is 5.83. The summed E-state index contributed by atoms with van der Waals surface area (Å²) in [6.45, 7) is 2.15. The van der Waals surface area contributed by atoms with Crippen LogP contribution in [0.4, 0.5) is 0 Å². The van der Waals surface area contributed by atoms with Crippen LogP contribution in [0.3, 0.4) is 0 Å². The van der Waals surface area contributed by atoms with E-state index in [1.54, 1.807) is 24.3 Å². The van der Waals surface area contributed by atoms with Gasteiger partial charge in [0.05, 0.1) is 5.57 Å². The molecule has 0 unspecified atom stereocenters. The van der Waals surface area contributed by atoms with Gasteiger partial charge in [-0.2, -0.15) is 15.1 Å². The van der Waals surface area contributed by atoms with Crippen molar-refractivity contribution in [3.63, 3.8) is 0 Å². The predicted octanol–water partition coefficient (Wildman–Crippen LogP) is 5.80. The molecule has 4 rings (SSSR count). The molecular formula is C21H19ClN4O2S. The van der Waals surface area contributed by atoms with E-state index >= 15 is 0 Å². The van der Waals surface area contributed by atoms with E-state index in [1.165, 1.54) is 22.8 Å². The largest absolute Gasteiger partial charge is 0.457 e. The molecule has 0 saturated heterocycles. The van der Waals surface area contributed by atoms with E-state index in [0.29, 0.717) is 21.7 Å². The van der Waals surface area contributed by atoms with E-state index in [4.69, 9.17) is 21.4 Å². The highest BCUT2D eigenvalue weighted by molar-refractivity contribution is 8.26. The average Bonchev–Trinajstić information content (AvgIpc) is 3.32. The Balaban J connectivity index is 1.56. The van der Waals surface area contributed by atoms with Crippen molar-refractivity contribution in [2.75, 3.05) is 0 Å². The molecule has 0 saturated carbocycles. The van der Waals surface area contributed by atoms with Gasteiger partial charge in [0.25, 0.3) is 5.91 Å². The molecule has 0 bridgehead atoms. The molecule has 29 heavy (non-hydrogen) atoms. The van der Waals surface area contributed by atoms with Gasteiger partial charge in [-0.3, -0.25) is 10.2 Å². The second-order valence-electron chi connectivity index (χ2n) is 6.68. The number of carbonyl (C=O) groups excluding carboxylic acids is 1. The van der Waals surface area contributed by atoms with Crippen LogP contribution in [0.2, 0.25) is 5.02 Å². The van der Waals surface area contributed by atoms with Crippen LogP contribution in [-0.2, 0) is 4.79 Å². The van der Waals surface area contributed by atoms with Crippen LogP contribution in [0, 0.1) is 5.41 Å². The van der Waals surface area contributed by atoms with Gasteiger partial charge >= 0.3 is 0 Å². The smallest absolute Gasteiger partial charge is 0.283 e. The number of amidine groups is 2. The molecule has 8 heteroatoms. The molecule has 2 aromatic rings. The van der Waals surface area contributed by atoms with E-state index < -0.39 is 5.91 Å². The minimum atomic E-state index is -0.459. The number of rotatable bonds is 6. The van der Waals surface area contributed by atoms with Crippen molar-refractivity contribution in [1.82, 2.24) is 5.01 Å². The Morgan fingerprint density at radius 1 is 1.28 bits per heavy atom. The Morgan fingerprint density at radius 3 is 2.93 bits per heavy atom. The summed E-state index contributed by atoms with van der Waals surface area (Å²) >= 11 is 7.40. The average molecular weight is 427 g/mol. The van der Waals surface area contributed by atoms with Gasteiger partial charge in [0, 0.05) is 10.6 Å². The number of nitrogens with one attached hydrogen (secondary N) is 1. The first-order valence-corrected chi connectivity index (χ1v) is 10.6. The third-order valence-corrected chi connectivity index (χ3v) is 5.72.